The molecule has 1 aromatic rings. The van der Waals surface area contributed by atoms with E-state index in [1.807, 2.05) is 0 Å². The molecule has 1 aliphatic carbocycles. The average molecular weight is 296 g/mol. The molecule has 0 spiro atoms. The van der Waals surface area contributed by atoms with Crippen LogP contribution in [0.2, 0.25) is 0 Å². The summed E-state index contributed by atoms with van der Waals surface area (Å²) in [4.78, 5) is 2.39. The van der Waals surface area contributed by atoms with E-state index >= 15 is 0 Å². The minimum absolute atomic E-state index is 0.541. The zero-order valence-corrected chi connectivity index (χ0v) is 13.0. The number of aromatic nitrogens is 3. The van der Waals surface area contributed by atoms with Crippen LogP contribution in [0.4, 0.5) is 5.95 Å². The van der Waals surface area contributed by atoms with Gasteiger partial charge in [0.15, 0.2) is 4.77 Å². The van der Waals surface area contributed by atoms with E-state index < -0.39 is 0 Å². The van der Waals surface area contributed by atoms with Crippen molar-refractivity contribution in [2.75, 3.05) is 31.7 Å². The van der Waals surface area contributed by atoms with Crippen LogP contribution in [0.5, 0.6) is 0 Å². The molecule has 112 valence electrons. The predicted octanol–water partition coefficient (Wildman–Crippen LogP) is 2.92. The summed E-state index contributed by atoms with van der Waals surface area (Å²) in [6.45, 7) is 2.94. The second kappa shape index (κ2) is 6.26. The Morgan fingerprint density at radius 1 is 1.30 bits per heavy atom. The van der Waals surface area contributed by atoms with Gasteiger partial charge in [-0.2, -0.15) is 0 Å². The number of H-pyrrole nitrogens is 1. The number of piperidine rings is 1. The van der Waals surface area contributed by atoms with Gasteiger partial charge < -0.3 is 9.64 Å². The van der Waals surface area contributed by atoms with Gasteiger partial charge in [0.25, 0.3) is 0 Å². The van der Waals surface area contributed by atoms with E-state index in [4.69, 9.17) is 17.0 Å². The van der Waals surface area contributed by atoms with Crippen LogP contribution < -0.4 is 4.90 Å². The number of nitrogens with zero attached hydrogens (tertiary/aromatic N) is 3. The zero-order chi connectivity index (χ0) is 13.9. The van der Waals surface area contributed by atoms with Crippen LogP contribution in [0.25, 0.3) is 0 Å². The first-order valence-electron chi connectivity index (χ1n) is 7.70. The molecular weight excluding hydrogens is 272 g/mol. The number of hydrogen-bond donors (Lipinski definition) is 1. The van der Waals surface area contributed by atoms with Gasteiger partial charge in [-0.05, 0) is 43.8 Å². The summed E-state index contributed by atoms with van der Waals surface area (Å²) < 4.78 is 8.36. The lowest BCUT2D eigenvalue weighted by molar-refractivity contribution is 0.142. The van der Waals surface area contributed by atoms with Crippen LogP contribution in [0.1, 0.15) is 44.6 Å². The van der Waals surface area contributed by atoms with Crippen molar-refractivity contribution in [1.82, 2.24) is 14.8 Å². The van der Waals surface area contributed by atoms with Crippen molar-refractivity contribution in [2.45, 2.75) is 44.6 Å². The minimum Gasteiger partial charge on any atom is -0.384 e. The van der Waals surface area contributed by atoms with Crippen molar-refractivity contribution < 1.29 is 4.74 Å². The number of aromatic amines is 1. The second-order valence-electron chi connectivity index (χ2n) is 6.05. The van der Waals surface area contributed by atoms with E-state index in [2.05, 4.69) is 19.7 Å². The molecule has 2 fully saturated rings. The highest BCUT2D eigenvalue weighted by Gasteiger charge is 2.27. The lowest BCUT2D eigenvalue weighted by atomic mass is 9.99. The van der Waals surface area contributed by atoms with Gasteiger partial charge in [-0.1, -0.05) is 12.8 Å². The topological polar surface area (TPSA) is 46.1 Å². The Bertz CT molecular complexity index is 490. The van der Waals surface area contributed by atoms with Gasteiger partial charge in [0.05, 0.1) is 6.61 Å². The molecule has 1 saturated heterocycles. The molecule has 20 heavy (non-hydrogen) atoms. The molecule has 1 unspecified atom stereocenters. The summed E-state index contributed by atoms with van der Waals surface area (Å²) >= 11 is 5.45. The van der Waals surface area contributed by atoms with Crippen LogP contribution in [-0.2, 0) is 4.74 Å². The molecule has 2 heterocycles. The first kappa shape index (κ1) is 14.1. The van der Waals surface area contributed by atoms with Gasteiger partial charge in [-0.15, -0.1) is 5.10 Å². The quantitative estimate of drug-likeness (QED) is 0.868. The second-order valence-corrected chi connectivity index (χ2v) is 6.43. The highest BCUT2D eigenvalue weighted by molar-refractivity contribution is 7.71. The number of methoxy groups -OCH3 is 1. The molecule has 0 aromatic carbocycles. The fraction of sp³-hybridized carbons (Fsp3) is 0.857. The maximum Gasteiger partial charge on any atom is 0.225 e. The molecule has 1 aromatic heterocycles. The lowest BCUT2D eigenvalue weighted by Crippen LogP contribution is -2.39. The third kappa shape index (κ3) is 2.76. The smallest absolute Gasteiger partial charge is 0.225 e. The number of anilines is 1. The first-order chi connectivity index (χ1) is 9.79. The Balaban J connectivity index is 1.81. The molecule has 1 saturated carbocycles. The van der Waals surface area contributed by atoms with Gasteiger partial charge in [0, 0.05) is 26.2 Å². The molecule has 0 bridgehead atoms. The van der Waals surface area contributed by atoms with Crippen molar-refractivity contribution >= 4 is 18.2 Å². The number of hydrogen-bond acceptors (Lipinski definition) is 4. The molecule has 1 aliphatic heterocycles. The summed E-state index contributed by atoms with van der Waals surface area (Å²) in [5.74, 6) is 1.65. The SMILES string of the molecule is COCC1CCCN(c2n[nH]c(=S)n2C2CCCC2)C1. The summed E-state index contributed by atoms with van der Waals surface area (Å²) in [5, 5.41) is 7.51. The Morgan fingerprint density at radius 2 is 2.10 bits per heavy atom. The van der Waals surface area contributed by atoms with Gasteiger partial charge in [-0.25, -0.2) is 5.10 Å². The van der Waals surface area contributed by atoms with Gasteiger partial charge in [0.2, 0.25) is 5.95 Å². The highest BCUT2D eigenvalue weighted by Crippen LogP contribution is 2.33. The third-order valence-corrected chi connectivity index (χ3v) is 4.87. The Hall–Kier alpha value is -0.880. The minimum atomic E-state index is 0.541. The maximum atomic E-state index is 5.45. The molecule has 0 amide bonds. The van der Waals surface area contributed by atoms with Crippen molar-refractivity contribution in [3.8, 4) is 0 Å². The van der Waals surface area contributed by atoms with Crippen molar-refractivity contribution in [3.05, 3.63) is 4.77 Å². The van der Waals surface area contributed by atoms with E-state index in [0.717, 1.165) is 30.4 Å². The highest BCUT2D eigenvalue weighted by atomic mass is 32.1. The number of nitrogens with one attached hydrogen (secondary N) is 1. The van der Waals surface area contributed by atoms with E-state index in [0.29, 0.717) is 12.0 Å². The average Bonchev–Trinajstić information content (AvgIpc) is 3.08. The van der Waals surface area contributed by atoms with Crippen molar-refractivity contribution in [1.29, 1.82) is 0 Å². The van der Waals surface area contributed by atoms with Crippen LogP contribution in [-0.4, -0.2) is 41.6 Å². The molecule has 3 rings (SSSR count). The summed E-state index contributed by atoms with van der Waals surface area (Å²) in [6, 6.07) is 0.541. The summed E-state index contributed by atoms with van der Waals surface area (Å²) in [6.07, 6.45) is 7.54. The molecule has 1 N–H and O–H groups in total. The van der Waals surface area contributed by atoms with E-state index in [1.54, 1.807) is 7.11 Å². The van der Waals surface area contributed by atoms with Crippen LogP contribution in [0.15, 0.2) is 0 Å². The number of rotatable bonds is 4. The molecular formula is C14H24N4OS. The largest absolute Gasteiger partial charge is 0.384 e. The van der Waals surface area contributed by atoms with Crippen LogP contribution in [0, 0.1) is 10.7 Å². The normalized spacial score (nSPS) is 24.4. The first-order valence-corrected chi connectivity index (χ1v) is 8.11. The molecule has 1 atom stereocenters. The molecule has 5 nitrogen and oxygen atoms in total. The fourth-order valence-electron chi connectivity index (χ4n) is 3.63. The number of ether oxygens (including phenoxy) is 1. The molecule has 2 aliphatic rings. The Kier molecular flexibility index (Phi) is 4.41. The fourth-order valence-corrected chi connectivity index (χ4v) is 3.91. The standard InChI is InChI=1S/C14H24N4OS/c1-19-10-11-5-4-8-17(9-11)13-15-16-14(20)18(13)12-6-2-3-7-12/h11-12H,2-10H2,1H3,(H,16,20). The van der Waals surface area contributed by atoms with Crippen LogP contribution >= 0.6 is 12.2 Å². The van der Waals surface area contributed by atoms with Gasteiger partial charge in [-0.3, -0.25) is 4.57 Å². The maximum absolute atomic E-state index is 5.45. The predicted molar refractivity (Wildman–Crippen MR) is 81.7 cm³/mol. The van der Waals surface area contributed by atoms with Gasteiger partial charge >= 0.3 is 0 Å². The Morgan fingerprint density at radius 3 is 2.85 bits per heavy atom. The lowest BCUT2D eigenvalue weighted by Gasteiger charge is -2.33. The van der Waals surface area contributed by atoms with Crippen molar-refractivity contribution in [2.24, 2.45) is 5.92 Å². The van der Waals surface area contributed by atoms with E-state index in [1.165, 1.54) is 38.5 Å². The third-order valence-electron chi connectivity index (χ3n) is 4.58. The molecule has 6 heteroatoms. The molecule has 0 radical (unpaired) electrons. The van der Waals surface area contributed by atoms with Crippen molar-refractivity contribution in [3.63, 3.8) is 0 Å². The van der Waals surface area contributed by atoms with Crippen LogP contribution in [0.3, 0.4) is 0 Å². The monoisotopic (exact) mass is 296 g/mol. The Labute approximate surface area is 125 Å². The van der Waals surface area contributed by atoms with E-state index in [-0.39, 0.29) is 0 Å². The zero-order valence-electron chi connectivity index (χ0n) is 12.2. The summed E-state index contributed by atoms with van der Waals surface area (Å²) in [5.41, 5.74) is 0. The van der Waals surface area contributed by atoms with E-state index in [9.17, 15) is 0 Å². The van der Waals surface area contributed by atoms with Gasteiger partial charge in [0.1, 0.15) is 0 Å². The summed E-state index contributed by atoms with van der Waals surface area (Å²) in [7, 11) is 1.79.